The van der Waals surface area contributed by atoms with Crippen LogP contribution in [0.25, 0.3) is 10.8 Å². The predicted molar refractivity (Wildman–Crippen MR) is 165 cm³/mol. The van der Waals surface area contributed by atoms with Crippen molar-refractivity contribution in [3.05, 3.63) is 75.8 Å². The zero-order chi connectivity index (χ0) is 28.8. The van der Waals surface area contributed by atoms with Crippen LogP contribution in [-0.4, -0.2) is 73.5 Å². The van der Waals surface area contributed by atoms with E-state index in [-0.39, 0.29) is 23.9 Å². The van der Waals surface area contributed by atoms with Gasteiger partial charge in [-0.2, -0.15) is 0 Å². The quantitative estimate of drug-likeness (QED) is 0.340. The summed E-state index contributed by atoms with van der Waals surface area (Å²) in [6, 6.07) is 16.6. The van der Waals surface area contributed by atoms with Crippen LogP contribution in [0.4, 0.5) is 0 Å². The number of hydrogen-bond acceptors (Lipinski definition) is 5. The number of ether oxygens (including phenoxy) is 1. The Morgan fingerprint density at radius 3 is 2.54 bits per heavy atom. The Balaban J connectivity index is 1.29. The Labute approximate surface area is 252 Å². The maximum atomic E-state index is 13.8. The number of nitrogens with zero attached hydrogens (tertiary/aromatic N) is 2. The van der Waals surface area contributed by atoms with Crippen molar-refractivity contribution in [2.45, 2.75) is 50.7 Å². The Kier molecular flexibility index (Phi) is 10.0. The molecular weight excluding hydrogens is 559 g/mol. The van der Waals surface area contributed by atoms with Crippen LogP contribution in [0, 0.1) is 0 Å². The highest BCUT2D eigenvalue weighted by atomic mass is 35.5. The number of carbonyl (C=O) groups excluding carboxylic acids is 2. The second-order valence-corrected chi connectivity index (χ2v) is 11.9. The van der Waals surface area contributed by atoms with Gasteiger partial charge < -0.3 is 25.2 Å². The fraction of sp³-hybridized carbons (Fsp3) is 0.438. The molecule has 0 saturated carbocycles. The van der Waals surface area contributed by atoms with Crippen LogP contribution < -0.4 is 15.4 Å². The largest absolute Gasteiger partial charge is 0.495 e. The lowest BCUT2D eigenvalue weighted by molar-refractivity contribution is -0.133. The molecule has 0 aliphatic carbocycles. The number of methoxy groups -OCH3 is 1. The number of hydrogen-bond donors (Lipinski definition) is 2. The molecule has 2 N–H and O–H groups in total. The van der Waals surface area contributed by atoms with Crippen LogP contribution in [0.5, 0.6) is 5.75 Å². The first-order chi connectivity index (χ1) is 19.9. The van der Waals surface area contributed by atoms with E-state index in [1.54, 1.807) is 19.2 Å². The number of carbonyl (C=O) groups is 2. The lowest BCUT2D eigenvalue weighted by Crippen LogP contribution is -2.50. The van der Waals surface area contributed by atoms with Crippen molar-refractivity contribution >= 4 is 45.8 Å². The molecule has 0 unspecified atom stereocenters. The van der Waals surface area contributed by atoms with E-state index in [2.05, 4.69) is 15.5 Å². The van der Waals surface area contributed by atoms with Gasteiger partial charge in [-0.05, 0) is 74.0 Å². The Hall–Kier alpha value is -2.84. The topological polar surface area (TPSA) is 73.9 Å². The fourth-order valence-corrected chi connectivity index (χ4v) is 6.55. The first-order valence-electron chi connectivity index (χ1n) is 14.5. The van der Waals surface area contributed by atoms with E-state index < -0.39 is 0 Å². The highest BCUT2D eigenvalue weighted by Gasteiger charge is 2.31. The van der Waals surface area contributed by atoms with Crippen LogP contribution in [0.2, 0.25) is 10.0 Å². The summed E-state index contributed by atoms with van der Waals surface area (Å²) in [6.45, 7) is 4.44. The van der Waals surface area contributed by atoms with Gasteiger partial charge in [-0.1, -0.05) is 60.0 Å². The van der Waals surface area contributed by atoms with Gasteiger partial charge in [0.05, 0.1) is 18.7 Å². The molecule has 0 spiro atoms. The number of piperidine rings is 1. The van der Waals surface area contributed by atoms with E-state index in [1.165, 1.54) is 19.3 Å². The van der Waals surface area contributed by atoms with E-state index >= 15 is 0 Å². The molecule has 7 nitrogen and oxygen atoms in total. The summed E-state index contributed by atoms with van der Waals surface area (Å²) in [6.07, 6.45) is 5.11. The Morgan fingerprint density at radius 1 is 1.02 bits per heavy atom. The summed E-state index contributed by atoms with van der Waals surface area (Å²) >= 11 is 12.5. The van der Waals surface area contributed by atoms with Gasteiger partial charge in [0, 0.05) is 47.7 Å². The summed E-state index contributed by atoms with van der Waals surface area (Å²) in [4.78, 5) is 31.4. The zero-order valence-corrected chi connectivity index (χ0v) is 25.0. The summed E-state index contributed by atoms with van der Waals surface area (Å²) in [5.74, 6) is 0.443. The maximum Gasteiger partial charge on any atom is 0.255 e. The first-order valence-corrected chi connectivity index (χ1v) is 15.2. The van der Waals surface area contributed by atoms with Gasteiger partial charge in [0.1, 0.15) is 5.75 Å². The fourth-order valence-electron chi connectivity index (χ4n) is 5.98. The van der Waals surface area contributed by atoms with E-state index in [0.717, 1.165) is 36.0 Å². The van der Waals surface area contributed by atoms with E-state index in [4.69, 9.17) is 27.9 Å². The first kappa shape index (κ1) is 29.6. The minimum atomic E-state index is -0.341. The summed E-state index contributed by atoms with van der Waals surface area (Å²) < 4.78 is 5.65. The molecule has 41 heavy (non-hydrogen) atoms. The van der Waals surface area contributed by atoms with Gasteiger partial charge in [-0.3, -0.25) is 9.59 Å². The molecule has 2 fully saturated rings. The molecule has 2 saturated heterocycles. The van der Waals surface area contributed by atoms with Crippen LogP contribution in [0.15, 0.2) is 54.6 Å². The third kappa shape index (κ3) is 7.52. The number of benzene rings is 3. The smallest absolute Gasteiger partial charge is 0.255 e. The molecule has 0 aromatic heterocycles. The maximum absolute atomic E-state index is 13.8. The predicted octanol–water partition coefficient (Wildman–Crippen LogP) is 5.52. The molecule has 2 heterocycles. The van der Waals surface area contributed by atoms with Gasteiger partial charge in [0.25, 0.3) is 5.91 Å². The molecular formula is C32H38Cl2N4O3. The number of fused-ring (bicyclic) bond motifs is 1. The van der Waals surface area contributed by atoms with E-state index in [0.29, 0.717) is 53.8 Å². The standard InChI is InChI=1S/C32H38Cl2N4O3/c1-41-30-27-8-4-3-7-23(27)9-10-28(30)31(39)35-20-26-11-16-38(21-22-17-24(33)19-25(34)18-22)32(40)29(36-26)12-15-37-13-5-2-6-14-37/h3-4,7-10,17-19,26,29,36H,2,5-6,11-16,20-21H2,1H3,(H,35,39)/t26-,29-/m0/s1. The molecule has 2 atom stereocenters. The highest BCUT2D eigenvalue weighted by molar-refractivity contribution is 6.34. The number of amides is 2. The number of rotatable bonds is 9. The monoisotopic (exact) mass is 596 g/mol. The molecule has 2 amide bonds. The average Bonchev–Trinajstić information content (AvgIpc) is 3.12. The average molecular weight is 598 g/mol. The minimum absolute atomic E-state index is 0.0614. The molecule has 218 valence electrons. The second-order valence-electron chi connectivity index (χ2n) is 11.0. The second kappa shape index (κ2) is 13.9. The van der Waals surface area contributed by atoms with Crippen molar-refractivity contribution in [3.8, 4) is 5.75 Å². The van der Waals surface area contributed by atoms with Gasteiger partial charge in [-0.15, -0.1) is 0 Å². The van der Waals surface area contributed by atoms with Crippen LogP contribution in [-0.2, 0) is 11.3 Å². The Morgan fingerprint density at radius 2 is 1.78 bits per heavy atom. The molecule has 2 aliphatic heterocycles. The van der Waals surface area contributed by atoms with Gasteiger partial charge >= 0.3 is 0 Å². The van der Waals surface area contributed by atoms with Gasteiger partial charge in [0.15, 0.2) is 0 Å². The molecule has 2 aliphatic rings. The lowest BCUT2D eigenvalue weighted by atomic mass is 10.0. The third-order valence-electron chi connectivity index (χ3n) is 8.11. The van der Waals surface area contributed by atoms with Crippen LogP contribution in [0.1, 0.15) is 48.0 Å². The summed E-state index contributed by atoms with van der Waals surface area (Å²) in [5, 5.41) is 9.72. The molecule has 0 bridgehead atoms. The summed E-state index contributed by atoms with van der Waals surface area (Å²) in [5.41, 5.74) is 1.40. The van der Waals surface area contributed by atoms with Crippen molar-refractivity contribution in [2.75, 3.05) is 39.8 Å². The number of nitrogens with one attached hydrogen (secondary N) is 2. The van der Waals surface area contributed by atoms with Crippen LogP contribution in [0.3, 0.4) is 0 Å². The molecule has 0 radical (unpaired) electrons. The normalized spacial score (nSPS) is 20.2. The van der Waals surface area contributed by atoms with Crippen molar-refractivity contribution in [1.29, 1.82) is 0 Å². The van der Waals surface area contributed by atoms with Crippen molar-refractivity contribution < 1.29 is 14.3 Å². The number of halogens is 2. The van der Waals surface area contributed by atoms with Crippen molar-refractivity contribution in [2.24, 2.45) is 0 Å². The minimum Gasteiger partial charge on any atom is -0.495 e. The molecule has 5 rings (SSSR count). The molecule has 9 heteroatoms. The molecule has 3 aromatic rings. The number of likely N-dealkylation sites (tertiary alicyclic amines) is 1. The van der Waals surface area contributed by atoms with E-state index in [1.807, 2.05) is 47.4 Å². The third-order valence-corrected chi connectivity index (χ3v) is 8.55. The highest BCUT2D eigenvalue weighted by Crippen LogP contribution is 2.29. The zero-order valence-electron chi connectivity index (χ0n) is 23.5. The Bertz CT molecular complexity index is 1360. The van der Waals surface area contributed by atoms with Gasteiger partial charge in [-0.25, -0.2) is 0 Å². The SMILES string of the molecule is COc1c(C(=O)NC[C@@H]2CCN(Cc3cc(Cl)cc(Cl)c3)C(=O)[C@H](CCN3CCCCC3)N2)ccc2ccccc12. The molecule has 3 aromatic carbocycles. The van der Waals surface area contributed by atoms with Crippen molar-refractivity contribution in [1.82, 2.24) is 20.4 Å². The van der Waals surface area contributed by atoms with Gasteiger partial charge in [0.2, 0.25) is 5.91 Å². The van der Waals surface area contributed by atoms with E-state index in [9.17, 15) is 9.59 Å². The summed E-state index contributed by atoms with van der Waals surface area (Å²) in [7, 11) is 1.59. The lowest BCUT2D eigenvalue weighted by Gasteiger charge is -2.30. The van der Waals surface area contributed by atoms with Crippen LogP contribution >= 0.6 is 23.2 Å². The van der Waals surface area contributed by atoms with Crippen molar-refractivity contribution in [3.63, 3.8) is 0 Å².